The predicted molar refractivity (Wildman–Crippen MR) is 86.7 cm³/mol. The molecule has 1 aliphatic carbocycles. The van der Waals surface area contributed by atoms with Gasteiger partial charge in [0.15, 0.2) is 17.7 Å². The maximum Gasteiger partial charge on any atom is 0.261 e. The Kier molecular flexibility index (Phi) is 7.62. The summed E-state index contributed by atoms with van der Waals surface area (Å²) >= 11 is 0. The molecule has 1 atom stereocenters. The first-order valence-electron chi connectivity index (χ1n) is 7.57. The van der Waals surface area contributed by atoms with E-state index in [0.29, 0.717) is 6.42 Å². The Bertz CT molecular complexity index is 479. The van der Waals surface area contributed by atoms with E-state index in [1.54, 1.807) is 12.1 Å². The molecular formula is C16H24ClFN2O2. The van der Waals surface area contributed by atoms with Crippen molar-refractivity contribution in [3.8, 4) is 5.75 Å². The Labute approximate surface area is 137 Å². The van der Waals surface area contributed by atoms with E-state index in [-0.39, 0.29) is 36.1 Å². The van der Waals surface area contributed by atoms with Crippen LogP contribution in [0.4, 0.5) is 4.39 Å². The Morgan fingerprint density at radius 1 is 1.36 bits per heavy atom. The van der Waals surface area contributed by atoms with Crippen LogP contribution in [0.5, 0.6) is 5.75 Å². The van der Waals surface area contributed by atoms with E-state index in [9.17, 15) is 9.18 Å². The smallest absolute Gasteiger partial charge is 0.261 e. The zero-order chi connectivity index (χ0) is 15.2. The number of hydrogen-bond acceptors (Lipinski definition) is 3. The third kappa shape index (κ3) is 5.14. The Hall–Kier alpha value is -1.33. The first-order chi connectivity index (χ1) is 10.1. The molecule has 0 aromatic heterocycles. The minimum Gasteiger partial charge on any atom is -0.478 e. The van der Waals surface area contributed by atoms with Crippen molar-refractivity contribution in [2.75, 3.05) is 0 Å². The summed E-state index contributed by atoms with van der Waals surface area (Å²) in [7, 11) is 0. The highest BCUT2D eigenvalue weighted by molar-refractivity contribution is 5.85. The SMILES string of the molecule is CCC(Oc1ccccc1F)C(=O)NC1CCC(N)CC1.Cl. The van der Waals surface area contributed by atoms with Gasteiger partial charge in [0.2, 0.25) is 0 Å². The van der Waals surface area contributed by atoms with Gasteiger partial charge in [-0.25, -0.2) is 4.39 Å². The number of nitrogens with two attached hydrogens (primary N) is 1. The number of rotatable bonds is 5. The fourth-order valence-electron chi connectivity index (χ4n) is 2.57. The zero-order valence-electron chi connectivity index (χ0n) is 12.8. The van der Waals surface area contributed by atoms with Crippen molar-refractivity contribution in [2.24, 2.45) is 5.73 Å². The quantitative estimate of drug-likeness (QED) is 0.872. The van der Waals surface area contributed by atoms with Crippen molar-refractivity contribution in [3.05, 3.63) is 30.1 Å². The van der Waals surface area contributed by atoms with Gasteiger partial charge in [-0.15, -0.1) is 12.4 Å². The fourth-order valence-corrected chi connectivity index (χ4v) is 2.57. The molecule has 1 saturated carbocycles. The number of nitrogens with one attached hydrogen (secondary N) is 1. The van der Waals surface area contributed by atoms with Crippen molar-refractivity contribution < 1.29 is 13.9 Å². The second-order valence-electron chi connectivity index (χ2n) is 5.57. The van der Waals surface area contributed by atoms with Crippen LogP contribution in [-0.4, -0.2) is 24.1 Å². The molecule has 0 spiro atoms. The molecule has 124 valence electrons. The molecule has 1 aliphatic rings. The van der Waals surface area contributed by atoms with E-state index >= 15 is 0 Å². The first-order valence-corrected chi connectivity index (χ1v) is 7.57. The summed E-state index contributed by atoms with van der Waals surface area (Å²) in [6, 6.07) is 6.53. The summed E-state index contributed by atoms with van der Waals surface area (Å²) in [5.74, 6) is -0.515. The van der Waals surface area contributed by atoms with E-state index in [1.165, 1.54) is 12.1 Å². The summed E-state index contributed by atoms with van der Waals surface area (Å²) in [6.07, 6.45) is 3.46. The molecular weight excluding hydrogens is 307 g/mol. The third-order valence-electron chi connectivity index (χ3n) is 3.89. The molecule has 0 radical (unpaired) electrons. The van der Waals surface area contributed by atoms with Crippen LogP contribution in [0.1, 0.15) is 39.0 Å². The van der Waals surface area contributed by atoms with Crippen LogP contribution < -0.4 is 15.8 Å². The van der Waals surface area contributed by atoms with E-state index in [4.69, 9.17) is 10.5 Å². The van der Waals surface area contributed by atoms with Gasteiger partial charge >= 0.3 is 0 Å². The number of ether oxygens (including phenoxy) is 1. The lowest BCUT2D eigenvalue weighted by Gasteiger charge is -2.28. The topological polar surface area (TPSA) is 64.3 Å². The molecule has 3 N–H and O–H groups in total. The van der Waals surface area contributed by atoms with Gasteiger partial charge in [0.05, 0.1) is 0 Å². The lowest BCUT2D eigenvalue weighted by atomic mass is 9.91. The molecule has 2 rings (SSSR count). The highest BCUT2D eigenvalue weighted by atomic mass is 35.5. The Morgan fingerprint density at radius 2 is 2.00 bits per heavy atom. The minimum atomic E-state index is -0.669. The monoisotopic (exact) mass is 330 g/mol. The molecule has 4 nitrogen and oxygen atoms in total. The number of carbonyl (C=O) groups excluding carboxylic acids is 1. The van der Waals surface area contributed by atoms with Crippen LogP contribution in [0.15, 0.2) is 24.3 Å². The van der Waals surface area contributed by atoms with Gasteiger partial charge in [0.1, 0.15) is 0 Å². The van der Waals surface area contributed by atoms with Crippen LogP contribution in [-0.2, 0) is 4.79 Å². The molecule has 1 aromatic carbocycles. The molecule has 1 amide bonds. The molecule has 22 heavy (non-hydrogen) atoms. The largest absolute Gasteiger partial charge is 0.478 e. The number of amides is 1. The summed E-state index contributed by atoms with van der Waals surface area (Å²) in [5.41, 5.74) is 5.85. The van der Waals surface area contributed by atoms with Gasteiger partial charge < -0.3 is 15.8 Å². The van der Waals surface area contributed by atoms with E-state index in [2.05, 4.69) is 5.32 Å². The molecule has 6 heteroatoms. The standard InChI is InChI=1S/C16H23FN2O2.ClH/c1-2-14(21-15-6-4-3-5-13(15)17)16(20)19-12-9-7-11(18)8-10-12;/h3-6,11-12,14H,2,7-10,18H2,1H3,(H,19,20);1H. The first kappa shape index (κ1) is 18.7. The average molecular weight is 331 g/mol. The molecule has 0 saturated heterocycles. The van der Waals surface area contributed by atoms with Gasteiger partial charge in [-0.3, -0.25) is 4.79 Å². The van der Waals surface area contributed by atoms with E-state index in [1.807, 2.05) is 6.92 Å². The average Bonchev–Trinajstić information content (AvgIpc) is 2.48. The third-order valence-corrected chi connectivity index (χ3v) is 3.89. The van der Waals surface area contributed by atoms with Crippen LogP contribution in [0.3, 0.4) is 0 Å². The number of halogens is 2. The van der Waals surface area contributed by atoms with Crippen LogP contribution in [0.2, 0.25) is 0 Å². The highest BCUT2D eigenvalue weighted by Gasteiger charge is 2.25. The molecule has 0 bridgehead atoms. The lowest BCUT2D eigenvalue weighted by molar-refractivity contribution is -0.129. The van der Waals surface area contributed by atoms with Crippen LogP contribution in [0, 0.1) is 5.82 Å². The van der Waals surface area contributed by atoms with Crippen LogP contribution in [0.25, 0.3) is 0 Å². The van der Waals surface area contributed by atoms with Gasteiger partial charge in [0, 0.05) is 12.1 Å². The van der Waals surface area contributed by atoms with Gasteiger partial charge in [-0.2, -0.15) is 0 Å². The number of carbonyl (C=O) groups is 1. The summed E-state index contributed by atoms with van der Waals surface area (Å²) in [5, 5.41) is 2.99. The molecule has 0 aliphatic heterocycles. The number of hydrogen-bond donors (Lipinski definition) is 2. The Balaban J connectivity index is 0.00000242. The minimum absolute atomic E-state index is 0. The summed E-state index contributed by atoms with van der Waals surface area (Å²) in [4.78, 5) is 12.2. The Morgan fingerprint density at radius 3 is 2.59 bits per heavy atom. The van der Waals surface area contributed by atoms with E-state index < -0.39 is 11.9 Å². The predicted octanol–water partition coefficient (Wildman–Crippen LogP) is 2.79. The summed E-state index contributed by atoms with van der Waals surface area (Å²) < 4.78 is 19.1. The second-order valence-corrected chi connectivity index (χ2v) is 5.57. The van der Waals surface area contributed by atoms with E-state index in [0.717, 1.165) is 25.7 Å². The fraction of sp³-hybridized carbons (Fsp3) is 0.562. The zero-order valence-corrected chi connectivity index (χ0v) is 13.6. The van der Waals surface area contributed by atoms with Crippen molar-refractivity contribution in [1.29, 1.82) is 0 Å². The maximum absolute atomic E-state index is 13.6. The number of para-hydroxylation sites is 1. The molecule has 1 aromatic rings. The highest BCUT2D eigenvalue weighted by Crippen LogP contribution is 2.20. The maximum atomic E-state index is 13.6. The van der Waals surface area contributed by atoms with Crippen molar-refractivity contribution in [2.45, 2.75) is 57.2 Å². The van der Waals surface area contributed by atoms with Crippen LogP contribution >= 0.6 is 12.4 Å². The second kappa shape index (κ2) is 8.96. The van der Waals surface area contributed by atoms with Gasteiger partial charge in [-0.1, -0.05) is 19.1 Å². The van der Waals surface area contributed by atoms with Crippen molar-refractivity contribution in [3.63, 3.8) is 0 Å². The van der Waals surface area contributed by atoms with Gasteiger partial charge in [0.25, 0.3) is 5.91 Å². The van der Waals surface area contributed by atoms with Crippen molar-refractivity contribution in [1.82, 2.24) is 5.32 Å². The lowest BCUT2D eigenvalue weighted by Crippen LogP contribution is -2.46. The summed E-state index contributed by atoms with van der Waals surface area (Å²) in [6.45, 7) is 1.85. The number of benzene rings is 1. The van der Waals surface area contributed by atoms with Crippen molar-refractivity contribution >= 4 is 18.3 Å². The molecule has 1 fully saturated rings. The normalized spacial score (nSPS) is 22.3. The van der Waals surface area contributed by atoms with Gasteiger partial charge in [-0.05, 0) is 44.2 Å². The molecule has 1 unspecified atom stereocenters. The molecule has 0 heterocycles.